The van der Waals surface area contributed by atoms with Gasteiger partial charge in [-0.05, 0) is 0 Å². The molecule has 0 bridgehead atoms. The Balaban J connectivity index is 2.54. The molecule has 1 aliphatic heterocycles. The van der Waals surface area contributed by atoms with Crippen LogP contribution >= 0.6 is 6.19 Å². The van der Waals surface area contributed by atoms with Crippen LogP contribution < -0.4 is 0 Å². The molecule has 0 spiro atoms. The Bertz CT molecular complexity index is 166. The van der Waals surface area contributed by atoms with Gasteiger partial charge in [0.25, 0.3) is 0 Å². The third-order valence-electron chi connectivity index (χ3n) is 1.24. The van der Waals surface area contributed by atoms with Gasteiger partial charge in [0, 0.05) is 0 Å². The first kappa shape index (κ1) is 8.92. The summed E-state index contributed by atoms with van der Waals surface area (Å²) in [5.74, 6) is 0. The standard InChI is InChI=1S/C5H11O3PSe/c1-5(2)3-7-9(6,10)8-4-5/h3-4H2,1-2H3,(H,6,10). The molecule has 5 heteroatoms. The van der Waals surface area contributed by atoms with Crippen molar-refractivity contribution < 1.29 is 13.9 Å². The maximum atomic E-state index is 9.22. The van der Waals surface area contributed by atoms with Crippen molar-refractivity contribution in [1.29, 1.82) is 0 Å². The van der Waals surface area contributed by atoms with Gasteiger partial charge in [0.05, 0.1) is 0 Å². The molecule has 0 aromatic carbocycles. The SMILES string of the molecule is CC1(C)COP(O)(=[Se])OC1. The molecule has 3 nitrogen and oxygen atoms in total. The zero-order valence-corrected chi connectivity index (χ0v) is 8.64. The Kier molecular flexibility index (Phi) is 2.41. The summed E-state index contributed by atoms with van der Waals surface area (Å²) in [5.41, 5.74) is 0.0378. The molecular formula is C5H11O3PSe. The average Bonchev–Trinajstić information content (AvgIpc) is 1.79. The topological polar surface area (TPSA) is 38.7 Å². The molecule has 0 aromatic heterocycles. The molecule has 0 amide bonds. The van der Waals surface area contributed by atoms with Crippen LogP contribution in [0.2, 0.25) is 0 Å². The Morgan fingerprint density at radius 2 is 1.80 bits per heavy atom. The summed E-state index contributed by atoms with van der Waals surface area (Å²) in [6.45, 7) is 5.19. The molecule has 0 unspecified atom stereocenters. The van der Waals surface area contributed by atoms with E-state index in [1.165, 1.54) is 0 Å². The second-order valence-corrected chi connectivity index (χ2v) is 7.54. The van der Waals surface area contributed by atoms with Crippen LogP contribution in [0.5, 0.6) is 0 Å². The van der Waals surface area contributed by atoms with E-state index in [2.05, 4.69) is 15.1 Å². The van der Waals surface area contributed by atoms with Crippen molar-refractivity contribution in [3.63, 3.8) is 0 Å². The predicted molar refractivity (Wildman–Crippen MR) is 40.6 cm³/mol. The van der Waals surface area contributed by atoms with Crippen molar-refractivity contribution in [1.82, 2.24) is 0 Å². The summed E-state index contributed by atoms with van der Waals surface area (Å²) in [6, 6.07) is 0. The number of hydrogen-bond donors (Lipinski definition) is 1. The first-order valence-corrected chi connectivity index (χ1v) is 6.83. The Morgan fingerprint density at radius 1 is 1.40 bits per heavy atom. The number of rotatable bonds is 0. The Morgan fingerprint density at radius 3 is 2.10 bits per heavy atom. The van der Waals surface area contributed by atoms with Crippen LogP contribution in [-0.2, 0) is 9.05 Å². The summed E-state index contributed by atoms with van der Waals surface area (Å²) >= 11 is 2.52. The van der Waals surface area contributed by atoms with E-state index in [-0.39, 0.29) is 5.41 Å². The van der Waals surface area contributed by atoms with Gasteiger partial charge < -0.3 is 0 Å². The molecule has 0 saturated carbocycles. The normalized spacial score (nSPS) is 29.9. The fourth-order valence-electron chi connectivity index (χ4n) is 0.592. The van der Waals surface area contributed by atoms with Gasteiger partial charge in [-0.1, -0.05) is 0 Å². The Labute approximate surface area is 68.2 Å². The van der Waals surface area contributed by atoms with Crippen LogP contribution in [-0.4, -0.2) is 33.2 Å². The molecule has 0 radical (unpaired) electrons. The number of hydrogen-bond acceptors (Lipinski definition) is 3. The fourth-order valence-corrected chi connectivity index (χ4v) is 2.35. The van der Waals surface area contributed by atoms with Crippen molar-refractivity contribution in [2.75, 3.05) is 13.2 Å². The third-order valence-corrected chi connectivity index (χ3v) is 3.47. The zero-order valence-electron chi connectivity index (χ0n) is 6.03. The van der Waals surface area contributed by atoms with E-state index in [1.54, 1.807) is 0 Å². The molecule has 1 fully saturated rings. The zero-order chi connectivity index (χ0) is 7.83. The fraction of sp³-hybridized carbons (Fsp3) is 1.00. The van der Waals surface area contributed by atoms with Gasteiger partial charge in [-0.15, -0.1) is 0 Å². The quantitative estimate of drug-likeness (QED) is 0.495. The van der Waals surface area contributed by atoms with Crippen LogP contribution in [0.4, 0.5) is 0 Å². The molecular weight excluding hydrogens is 218 g/mol. The van der Waals surface area contributed by atoms with E-state index in [0.717, 1.165) is 0 Å². The molecule has 1 aliphatic rings. The second kappa shape index (κ2) is 2.71. The average molecular weight is 229 g/mol. The van der Waals surface area contributed by atoms with Gasteiger partial charge in [-0.25, -0.2) is 0 Å². The molecule has 0 aliphatic carbocycles. The minimum absolute atomic E-state index is 0.0378. The summed E-state index contributed by atoms with van der Waals surface area (Å²) < 4.78 is 10.1. The minimum atomic E-state index is -2.54. The van der Waals surface area contributed by atoms with E-state index >= 15 is 0 Å². The molecule has 10 heavy (non-hydrogen) atoms. The van der Waals surface area contributed by atoms with Crippen molar-refractivity contribution in [2.45, 2.75) is 13.8 Å². The predicted octanol–water partition coefficient (Wildman–Crippen LogP) is 0.898. The van der Waals surface area contributed by atoms with Crippen LogP contribution in [0.25, 0.3) is 0 Å². The summed E-state index contributed by atoms with van der Waals surface area (Å²) in [6.07, 6.45) is -2.54. The van der Waals surface area contributed by atoms with Crippen molar-refractivity contribution in [3.8, 4) is 0 Å². The molecule has 0 atom stereocenters. The van der Waals surface area contributed by atoms with E-state index in [1.807, 2.05) is 13.8 Å². The summed E-state index contributed by atoms with van der Waals surface area (Å²) in [7, 11) is 0. The van der Waals surface area contributed by atoms with Crippen molar-refractivity contribution in [3.05, 3.63) is 0 Å². The van der Waals surface area contributed by atoms with E-state index in [0.29, 0.717) is 13.2 Å². The second-order valence-electron chi connectivity index (χ2n) is 3.18. The molecule has 1 rings (SSSR count). The van der Waals surface area contributed by atoms with Crippen molar-refractivity contribution in [2.24, 2.45) is 5.41 Å². The summed E-state index contributed by atoms with van der Waals surface area (Å²) in [4.78, 5) is 9.22. The van der Waals surface area contributed by atoms with E-state index in [9.17, 15) is 4.89 Å². The molecule has 1 saturated heterocycles. The van der Waals surface area contributed by atoms with Gasteiger partial charge in [0.2, 0.25) is 0 Å². The molecule has 60 valence electrons. The summed E-state index contributed by atoms with van der Waals surface area (Å²) in [5, 5.41) is 0. The van der Waals surface area contributed by atoms with Crippen LogP contribution in [0.1, 0.15) is 13.8 Å². The molecule has 1 N–H and O–H groups in total. The maximum absolute atomic E-state index is 9.22. The first-order chi connectivity index (χ1) is 4.41. The Hall–Kier alpha value is 0.829. The van der Waals surface area contributed by atoms with Gasteiger partial charge in [-0.2, -0.15) is 0 Å². The van der Waals surface area contributed by atoms with E-state index in [4.69, 9.17) is 9.05 Å². The van der Waals surface area contributed by atoms with Gasteiger partial charge >= 0.3 is 67.7 Å². The third kappa shape index (κ3) is 2.46. The molecule has 0 aromatic rings. The molecule has 1 heterocycles. The van der Waals surface area contributed by atoms with Crippen LogP contribution in [0, 0.1) is 5.41 Å². The van der Waals surface area contributed by atoms with Crippen molar-refractivity contribution >= 4 is 21.3 Å². The monoisotopic (exact) mass is 230 g/mol. The van der Waals surface area contributed by atoms with Gasteiger partial charge in [0.1, 0.15) is 0 Å². The van der Waals surface area contributed by atoms with Crippen LogP contribution in [0.15, 0.2) is 0 Å². The van der Waals surface area contributed by atoms with Gasteiger partial charge in [0.15, 0.2) is 0 Å². The van der Waals surface area contributed by atoms with Crippen LogP contribution in [0.3, 0.4) is 0 Å². The first-order valence-electron chi connectivity index (χ1n) is 3.03. The van der Waals surface area contributed by atoms with E-state index < -0.39 is 6.19 Å². The van der Waals surface area contributed by atoms with Gasteiger partial charge in [-0.3, -0.25) is 0 Å².